The number of hydrogen-bond acceptors (Lipinski definition) is 4. The first kappa shape index (κ1) is 18.1. The van der Waals surface area contributed by atoms with Crippen LogP contribution in [0.15, 0.2) is 42.5 Å². The molecular formula is C21H24N2O3. The minimum absolute atomic E-state index is 0.206. The van der Waals surface area contributed by atoms with Crippen LogP contribution in [0.4, 0.5) is 0 Å². The van der Waals surface area contributed by atoms with E-state index in [1.54, 1.807) is 26.0 Å². The molecule has 1 saturated carbocycles. The maximum absolute atomic E-state index is 12.4. The number of pyridine rings is 1. The van der Waals surface area contributed by atoms with Gasteiger partial charge < -0.3 is 10.1 Å². The van der Waals surface area contributed by atoms with E-state index < -0.39 is 12.1 Å². The van der Waals surface area contributed by atoms with Crippen molar-refractivity contribution in [3.8, 4) is 11.3 Å². The average Bonchev–Trinajstić information content (AvgIpc) is 3.15. The van der Waals surface area contributed by atoms with Gasteiger partial charge >= 0.3 is 5.97 Å². The highest BCUT2D eigenvalue weighted by Crippen LogP contribution is 2.20. The Morgan fingerprint density at radius 3 is 2.46 bits per heavy atom. The van der Waals surface area contributed by atoms with E-state index >= 15 is 0 Å². The predicted molar refractivity (Wildman–Crippen MR) is 99.7 cm³/mol. The smallest absolute Gasteiger partial charge is 0.340 e. The number of amides is 1. The molecule has 5 nitrogen and oxygen atoms in total. The van der Waals surface area contributed by atoms with Crippen LogP contribution in [0.5, 0.6) is 0 Å². The molecule has 3 rings (SSSR count). The van der Waals surface area contributed by atoms with E-state index in [4.69, 9.17) is 4.74 Å². The third-order valence-electron chi connectivity index (χ3n) is 4.73. The van der Waals surface area contributed by atoms with Crippen LogP contribution < -0.4 is 5.32 Å². The van der Waals surface area contributed by atoms with Gasteiger partial charge in [0.2, 0.25) is 0 Å². The van der Waals surface area contributed by atoms with Crippen LogP contribution in [-0.4, -0.2) is 29.0 Å². The molecule has 1 aliphatic carbocycles. The van der Waals surface area contributed by atoms with Gasteiger partial charge in [0.1, 0.15) is 0 Å². The molecule has 1 aliphatic rings. The number of aryl methyl sites for hydroxylation is 1. The van der Waals surface area contributed by atoms with E-state index in [1.165, 1.54) is 0 Å². The van der Waals surface area contributed by atoms with E-state index in [-0.39, 0.29) is 11.9 Å². The van der Waals surface area contributed by atoms with Gasteiger partial charge in [0, 0.05) is 11.6 Å². The number of nitrogens with zero attached hydrogens (tertiary/aromatic N) is 1. The van der Waals surface area contributed by atoms with E-state index in [0.717, 1.165) is 36.9 Å². The lowest BCUT2D eigenvalue weighted by molar-refractivity contribution is -0.129. The number of carbonyl (C=O) groups is 2. The number of carbonyl (C=O) groups excluding carboxylic acids is 2. The van der Waals surface area contributed by atoms with Gasteiger partial charge in [0.05, 0.1) is 17.0 Å². The van der Waals surface area contributed by atoms with E-state index in [2.05, 4.69) is 10.3 Å². The third-order valence-corrected chi connectivity index (χ3v) is 4.73. The number of aromatic nitrogens is 1. The highest BCUT2D eigenvalue weighted by atomic mass is 16.5. The third kappa shape index (κ3) is 4.28. The molecule has 0 unspecified atom stereocenters. The number of nitrogens with one attached hydrogen (secondary N) is 1. The molecule has 1 aromatic carbocycles. The Labute approximate surface area is 153 Å². The summed E-state index contributed by atoms with van der Waals surface area (Å²) < 4.78 is 5.34. The summed E-state index contributed by atoms with van der Waals surface area (Å²) >= 11 is 0. The molecule has 1 fully saturated rings. The first-order valence-corrected chi connectivity index (χ1v) is 9.09. The molecule has 26 heavy (non-hydrogen) atoms. The molecule has 0 radical (unpaired) electrons. The van der Waals surface area contributed by atoms with Crippen molar-refractivity contribution in [3.05, 3.63) is 53.7 Å². The Kier molecular flexibility index (Phi) is 5.66. The Morgan fingerprint density at radius 1 is 1.12 bits per heavy atom. The van der Waals surface area contributed by atoms with E-state index in [9.17, 15) is 9.59 Å². The quantitative estimate of drug-likeness (QED) is 0.834. The lowest BCUT2D eigenvalue weighted by Gasteiger charge is -2.17. The van der Waals surface area contributed by atoms with Crippen LogP contribution in [0.3, 0.4) is 0 Å². The minimum Gasteiger partial charge on any atom is -0.449 e. The zero-order valence-corrected chi connectivity index (χ0v) is 15.2. The molecule has 0 bridgehead atoms. The number of hydrogen-bond donors (Lipinski definition) is 1. The van der Waals surface area contributed by atoms with Gasteiger partial charge in [0.15, 0.2) is 6.10 Å². The lowest BCUT2D eigenvalue weighted by Crippen LogP contribution is -2.40. The van der Waals surface area contributed by atoms with E-state index in [0.29, 0.717) is 11.3 Å². The maximum Gasteiger partial charge on any atom is 0.340 e. The molecule has 1 N–H and O–H groups in total. The molecule has 1 atom stereocenters. The molecule has 0 aliphatic heterocycles. The Bertz CT molecular complexity index is 783. The van der Waals surface area contributed by atoms with Gasteiger partial charge in [-0.15, -0.1) is 0 Å². The van der Waals surface area contributed by atoms with Crippen molar-refractivity contribution in [1.82, 2.24) is 10.3 Å². The summed E-state index contributed by atoms with van der Waals surface area (Å²) in [5, 5.41) is 2.95. The Balaban J connectivity index is 1.64. The summed E-state index contributed by atoms with van der Waals surface area (Å²) in [7, 11) is 0. The van der Waals surface area contributed by atoms with Gasteiger partial charge in [-0.25, -0.2) is 4.79 Å². The second-order valence-corrected chi connectivity index (χ2v) is 6.73. The Hall–Kier alpha value is -2.69. The molecule has 1 aromatic heterocycles. The van der Waals surface area contributed by atoms with Gasteiger partial charge in [-0.3, -0.25) is 9.78 Å². The predicted octanol–water partition coefficient (Wildman–Crippen LogP) is 3.66. The molecule has 1 heterocycles. The van der Waals surface area contributed by atoms with E-state index in [1.807, 2.05) is 30.3 Å². The second-order valence-electron chi connectivity index (χ2n) is 6.73. The zero-order valence-electron chi connectivity index (χ0n) is 15.2. The molecule has 5 heteroatoms. The number of ether oxygens (including phenoxy) is 1. The first-order chi connectivity index (χ1) is 12.5. The largest absolute Gasteiger partial charge is 0.449 e. The Morgan fingerprint density at radius 2 is 1.81 bits per heavy atom. The molecular weight excluding hydrogens is 328 g/mol. The van der Waals surface area contributed by atoms with Crippen LogP contribution in [0, 0.1) is 6.92 Å². The monoisotopic (exact) mass is 352 g/mol. The first-order valence-electron chi connectivity index (χ1n) is 9.09. The molecule has 0 spiro atoms. The fourth-order valence-electron chi connectivity index (χ4n) is 3.21. The van der Waals surface area contributed by atoms with Crippen molar-refractivity contribution in [2.75, 3.05) is 0 Å². The topological polar surface area (TPSA) is 68.3 Å². The van der Waals surface area contributed by atoms with Crippen LogP contribution in [0.1, 0.15) is 48.7 Å². The molecule has 136 valence electrons. The number of benzene rings is 1. The highest BCUT2D eigenvalue weighted by Gasteiger charge is 2.24. The van der Waals surface area contributed by atoms with Crippen molar-refractivity contribution in [1.29, 1.82) is 0 Å². The van der Waals surface area contributed by atoms with Gasteiger partial charge in [-0.05, 0) is 38.8 Å². The fraction of sp³-hybridized carbons (Fsp3) is 0.381. The summed E-state index contributed by atoms with van der Waals surface area (Å²) in [4.78, 5) is 29.1. The lowest BCUT2D eigenvalue weighted by atomic mass is 10.1. The van der Waals surface area contributed by atoms with Crippen LogP contribution >= 0.6 is 0 Å². The molecule has 0 saturated heterocycles. The molecule has 2 aromatic rings. The maximum atomic E-state index is 12.4. The highest BCUT2D eigenvalue weighted by molar-refractivity contribution is 5.93. The summed E-state index contributed by atoms with van der Waals surface area (Å²) in [5.74, 6) is -0.763. The van der Waals surface area contributed by atoms with Crippen LogP contribution in [-0.2, 0) is 9.53 Å². The zero-order chi connectivity index (χ0) is 18.5. The van der Waals surface area contributed by atoms with Crippen molar-refractivity contribution >= 4 is 11.9 Å². The fourth-order valence-corrected chi connectivity index (χ4v) is 3.21. The minimum atomic E-state index is -0.823. The van der Waals surface area contributed by atoms with Crippen molar-refractivity contribution in [3.63, 3.8) is 0 Å². The SMILES string of the molecule is Cc1nc(-c2ccccc2)ccc1C(=O)O[C@H](C)C(=O)NC1CCCC1. The van der Waals surface area contributed by atoms with Crippen molar-refractivity contribution in [2.24, 2.45) is 0 Å². The normalized spacial score (nSPS) is 15.5. The van der Waals surface area contributed by atoms with Crippen LogP contribution in [0.25, 0.3) is 11.3 Å². The summed E-state index contributed by atoms with van der Waals surface area (Å²) in [5.41, 5.74) is 2.75. The summed E-state index contributed by atoms with van der Waals surface area (Å²) in [6.07, 6.45) is 3.44. The van der Waals surface area contributed by atoms with Crippen molar-refractivity contribution < 1.29 is 14.3 Å². The second kappa shape index (κ2) is 8.13. The number of esters is 1. The standard InChI is InChI=1S/C21H24N2O3/c1-14-18(12-13-19(22-14)16-8-4-3-5-9-16)21(25)26-15(2)20(24)23-17-10-6-7-11-17/h3-5,8-9,12-13,15,17H,6-7,10-11H2,1-2H3,(H,23,24)/t15-/m1/s1. The molecule has 1 amide bonds. The van der Waals surface area contributed by atoms with Gasteiger partial charge in [-0.2, -0.15) is 0 Å². The van der Waals surface area contributed by atoms with Crippen molar-refractivity contribution in [2.45, 2.75) is 51.7 Å². The summed E-state index contributed by atoms with van der Waals surface area (Å²) in [6, 6.07) is 13.5. The average molecular weight is 352 g/mol. The summed E-state index contributed by atoms with van der Waals surface area (Å²) in [6.45, 7) is 3.37. The van der Waals surface area contributed by atoms with Gasteiger partial charge in [-0.1, -0.05) is 43.2 Å². The number of rotatable bonds is 5. The van der Waals surface area contributed by atoms with Crippen LogP contribution in [0.2, 0.25) is 0 Å². The van der Waals surface area contributed by atoms with Gasteiger partial charge in [0.25, 0.3) is 5.91 Å².